The van der Waals surface area contributed by atoms with Crippen LogP contribution >= 0.6 is 23.1 Å². The van der Waals surface area contributed by atoms with Crippen molar-refractivity contribution in [2.24, 2.45) is 5.16 Å². The van der Waals surface area contributed by atoms with Gasteiger partial charge in [-0.15, -0.1) is 23.1 Å². The number of phenols is 2. The second kappa shape index (κ2) is 14.5. The van der Waals surface area contributed by atoms with Crippen LogP contribution in [0.1, 0.15) is 47.8 Å². The molecule has 1 aromatic carbocycles. The Balaban J connectivity index is 1.19. The summed E-state index contributed by atoms with van der Waals surface area (Å²) < 4.78 is 0.482. The molecule has 0 aliphatic carbocycles. The summed E-state index contributed by atoms with van der Waals surface area (Å²) in [6, 6.07) is 1.41. The van der Waals surface area contributed by atoms with Gasteiger partial charge in [0.15, 0.2) is 22.3 Å². The van der Waals surface area contributed by atoms with Crippen LogP contribution in [0, 0.1) is 0 Å². The van der Waals surface area contributed by atoms with Crippen LogP contribution in [0.3, 0.4) is 0 Å². The van der Waals surface area contributed by atoms with Crippen LogP contribution in [0.4, 0.5) is 5.13 Å². The molecular weight excluding hydrogens is 739 g/mol. The van der Waals surface area contributed by atoms with Crippen molar-refractivity contribution in [1.82, 2.24) is 20.1 Å². The number of carboxylic acids is 3. The molecule has 4 atom stereocenters. The van der Waals surface area contributed by atoms with Gasteiger partial charge in [0.1, 0.15) is 29.4 Å². The number of aliphatic carboxylic acids is 3. The van der Waals surface area contributed by atoms with Crippen LogP contribution in [-0.2, 0) is 35.4 Å². The zero-order valence-corrected chi connectivity index (χ0v) is 29.8. The Hall–Kier alpha value is -5.41. The van der Waals surface area contributed by atoms with E-state index in [1.54, 1.807) is 4.90 Å². The molecule has 0 unspecified atom stereocenters. The van der Waals surface area contributed by atoms with E-state index in [1.807, 2.05) is 6.92 Å². The van der Waals surface area contributed by atoms with Crippen molar-refractivity contribution in [3.63, 3.8) is 0 Å². The van der Waals surface area contributed by atoms with Crippen LogP contribution in [0.5, 0.6) is 11.5 Å². The van der Waals surface area contributed by atoms with E-state index in [4.69, 9.17) is 15.7 Å². The number of phenolic OH excluding ortho intramolecular Hbond substituents is 2. The number of nitrogen functional groups attached to an aromatic ring is 1. The van der Waals surface area contributed by atoms with Crippen molar-refractivity contribution in [1.29, 1.82) is 0 Å². The molecular formula is C32H36N7O12S2+. The number of nitrogens with one attached hydrogen (secondary N) is 1. The molecule has 0 bridgehead atoms. The van der Waals surface area contributed by atoms with E-state index < -0.39 is 64.6 Å². The lowest BCUT2D eigenvalue weighted by Crippen LogP contribution is -2.71. The highest BCUT2D eigenvalue weighted by Gasteiger charge is 2.57. The molecule has 53 heavy (non-hydrogen) atoms. The molecule has 6 rings (SSSR count). The second-order valence-corrected chi connectivity index (χ2v) is 15.5. The van der Waals surface area contributed by atoms with Gasteiger partial charge in [-0.3, -0.25) is 24.1 Å². The quantitative estimate of drug-likeness (QED) is 0.0443. The summed E-state index contributed by atoms with van der Waals surface area (Å²) in [4.78, 5) is 87.3. The first-order valence-corrected chi connectivity index (χ1v) is 18.3. The number of nitrogens with zero attached hydrogens (tertiary/aromatic N) is 5. The van der Waals surface area contributed by atoms with Gasteiger partial charge in [-0.05, 0) is 24.6 Å². The third-order valence-corrected chi connectivity index (χ3v) is 11.9. The number of oxime groups is 1. The number of amides is 3. The molecule has 0 spiro atoms. The molecule has 8 N–H and O–H groups in total. The maximum absolute atomic E-state index is 13.6. The molecule has 19 nitrogen and oxygen atoms in total. The summed E-state index contributed by atoms with van der Waals surface area (Å²) in [6.07, 6.45) is -1.14. The van der Waals surface area contributed by atoms with Gasteiger partial charge >= 0.3 is 17.9 Å². The maximum atomic E-state index is 13.6. The van der Waals surface area contributed by atoms with E-state index in [0.29, 0.717) is 40.8 Å². The van der Waals surface area contributed by atoms with E-state index >= 15 is 0 Å². The Morgan fingerprint density at radius 2 is 1.83 bits per heavy atom. The minimum Gasteiger partial charge on any atom is -0.504 e. The van der Waals surface area contributed by atoms with E-state index in [-0.39, 0.29) is 40.5 Å². The number of hydrogen-bond acceptors (Lipinski definition) is 14. The van der Waals surface area contributed by atoms with Gasteiger partial charge in [-0.25, -0.2) is 14.6 Å². The van der Waals surface area contributed by atoms with E-state index in [2.05, 4.69) is 15.5 Å². The maximum Gasteiger partial charge on any atom is 0.352 e. The number of nitrogens with two attached hydrogens (primary N) is 1. The van der Waals surface area contributed by atoms with Crippen LogP contribution < -0.4 is 11.1 Å². The lowest BCUT2D eigenvalue weighted by Gasteiger charge is -2.51. The highest BCUT2D eigenvalue weighted by atomic mass is 32.2. The predicted octanol–water partition coefficient (Wildman–Crippen LogP) is 0.179. The molecule has 4 aliphatic rings. The second-order valence-electron chi connectivity index (χ2n) is 13.2. The minimum absolute atomic E-state index is 0.0308. The van der Waals surface area contributed by atoms with E-state index in [9.17, 15) is 49.2 Å². The van der Waals surface area contributed by atoms with Gasteiger partial charge in [0, 0.05) is 41.2 Å². The van der Waals surface area contributed by atoms with Gasteiger partial charge in [0.05, 0.1) is 32.6 Å². The van der Waals surface area contributed by atoms with Crippen molar-refractivity contribution >= 4 is 69.6 Å². The lowest BCUT2D eigenvalue weighted by atomic mass is 9.99. The number of carboxylic acid groups (broad SMARTS) is 3. The minimum atomic E-state index is -1.94. The van der Waals surface area contributed by atoms with Crippen LogP contribution in [0.2, 0.25) is 0 Å². The first-order chi connectivity index (χ1) is 25.1. The molecule has 2 fully saturated rings. The lowest BCUT2D eigenvalue weighted by molar-refractivity contribution is -0.911. The van der Waals surface area contributed by atoms with Gasteiger partial charge in [0.2, 0.25) is 6.10 Å². The number of thiazole rings is 1. The molecule has 0 radical (unpaired) electrons. The standard InChI is InChI=1S/C32H35N7O12S2/c1-14-17(12-39(5-2-3-6-39)7-4-37-11-15-8-19(40)20(41)9-16(15)27(37)45)25(31(49)50)38-28(46)24(29(38)53-14)35-26(44)23(18-13-52-32(33)34-18)36-51-21(30(47)48)10-22(42)43/h8-9,13-14,21,24,29H,2-7,10-12H2,1H3,(H7-,33,34,35,36,40,41,42,43,44,45,47,48,49,50)/p+1/t14-,21-,24+,29+/m0/s1. The normalized spacial score (nSPS) is 22.6. The molecule has 1 aromatic heterocycles. The Labute approximate surface area is 308 Å². The van der Waals surface area contributed by atoms with Gasteiger partial charge in [-0.1, -0.05) is 5.16 Å². The van der Waals surface area contributed by atoms with Crippen molar-refractivity contribution in [3.8, 4) is 11.5 Å². The molecule has 282 valence electrons. The summed E-state index contributed by atoms with van der Waals surface area (Å²) in [6.45, 7) is 4.67. The molecule has 5 heterocycles. The monoisotopic (exact) mass is 774 g/mol. The van der Waals surface area contributed by atoms with Gasteiger partial charge < -0.3 is 50.8 Å². The number of β-lactam (4-membered cyclic amide) rings is 1. The SMILES string of the molecule is C[C@@H]1S[C@@H]2[C@H](NC(=O)/C(=N\O[C@@H](CC(=O)O)C(=O)O)c3csc(N)n3)C(=O)N2C(C(=O)O)=C1C[N+]1(CCN2Cc3cc(O)c(O)cc3C2=O)CCCC1. The van der Waals surface area contributed by atoms with Crippen LogP contribution in [0.15, 0.2) is 33.9 Å². The number of likely N-dealkylation sites (tertiary alicyclic amines) is 1. The number of rotatable bonds is 14. The van der Waals surface area contributed by atoms with Crippen molar-refractivity contribution in [2.45, 2.75) is 55.5 Å². The largest absolute Gasteiger partial charge is 0.504 e. The third kappa shape index (κ3) is 7.31. The highest BCUT2D eigenvalue weighted by molar-refractivity contribution is 8.00. The summed E-state index contributed by atoms with van der Waals surface area (Å²) in [5.74, 6) is -7.14. The summed E-state index contributed by atoms with van der Waals surface area (Å²) in [7, 11) is 0. The first-order valence-electron chi connectivity index (χ1n) is 16.4. The predicted molar refractivity (Wildman–Crippen MR) is 186 cm³/mol. The number of anilines is 1. The fourth-order valence-electron chi connectivity index (χ4n) is 7.05. The number of carbonyl (C=O) groups excluding carboxylic acids is 3. The average Bonchev–Trinajstić information content (AvgIpc) is 3.82. The number of quaternary nitrogens is 1. The Bertz CT molecular complexity index is 1960. The number of hydrogen-bond donors (Lipinski definition) is 7. The number of fused-ring (bicyclic) bond motifs is 2. The molecule has 21 heteroatoms. The molecule has 2 saturated heterocycles. The number of aromatic nitrogens is 1. The van der Waals surface area contributed by atoms with Crippen molar-refractivity contribution in [3.05, 3.63) is 45.6 Å². The summed E-state index contributed by atoms with van der Waals surface area (Å²) in [5, 5.41) is 54.9. The number of aromatic hydroxyl groups is 2. The Kier molecular flexibility index (Phi) is 10.3. The molecule has 3 amide bonds. The van der Waals surface area contributed by atoms with Crippen molar-refractivity contribution in [2.75, 3.05) is 38.5 Å². The molecule has 4 aliphatic heterocycles. The smallest absolute Gasteiger partial charge is 0.352 e. The molecule has 2 aromatic rings. The Morgan fingerprint density at radius 3 is 2.45 bits per heavy atom. The summed E-state index contributed by atoms with van der Waals surface area (Å²) in [5.41, 5.74) is 6.28. The highest BCUT2D eigenvalue weighted by Crippen LogP contribution is 2.45. The zero-order valence-electron chi connectivity index (χ0n) is 28.1. The number of benzene rings is 1. The third-order valence-electron chi connectivity index (χ3n) is 9.74. The fourth-order valence-corrected chi connectivity index (χ4v) is 9.04. The van der Waals surface area contributed by atoms with Crippen LogP contribution in [-0.4, -0.2) is 142 Å². The zero-order chi connectivity index (χ0) is 38.4. The van der Waals surface area contributed by atoms with Crippen molar-refractivity contribution < 1.29 is 63.6 Å². The molecule has 0 saturated carbocycles. The fraction of sp³-hybridized carbons (Fsp3) is 0.438. The Morgan fingerprint density at radius 1 is 1.13 bits per heavy atom. The van der Waals surface area contributed by atoms with E-state index in [1.165, 1.54) is 29.3 Å². The average molecular weight is 775 g/mol. The summed E-state index contributed by atoms with van der Waals surface area (Å²) >= 11 is 2.21. The number of carbonyl (C=O) groups is 6. The first kappa shape index (κ1) is 37.4. The van der Waals surface area contributed by atoms with E-state index in [0.717, 1.165) is 42.2 Å². The van der Waals surface area contributed by atoms with Crippen LogP contribution in [0.25, 0.3) is 0 Å². The van der Waals surface area contributed by atoms with Gasteiger partial charge in [0.25, 0.3) is 17.7 Å². The van der Waals surface area contributed by atoms with Gasteiger partial charge in [-0.2, -0.15) is 0 Å². The topological polar surface area (TPSA) is 283 Å². The number of thioether (sulfide) groups is 1.